The van der Waals surface area contributed by atoms with Gasteiger partial charge >= 0.3 is 0 Å². The van der Waals surface area contributed by atoms with Crippen LogP contribution >= 0.6 is 27.7 Å². The number of aromatic nitrogens is 3. The lowest BCUT2D eigenvalue weighted by molar-refractivity contribution is -0.113. The number of ether oxygens (including phenoxy) is 1. The monoisotopic (exact) mass is 510 g/mol. The average Bonchev–Trinajstić information content (AvgIpc) is 3.10. The summed E-state index contributed by atoms with van der Waals surface area (Å²) in [4.78, 5) is 12.3. The lowest BCUT2D eigenvalue weighted by Crippen LogP contribution is -2.16. The van der Waals surface area contributed by atoms with E-state index in [9.17, 15) is 13.6 Å². The molecule has 3 aromatic rings. The minimum atomic E-state index is -0.854. The number of halogens is 3. The summed E-state index contributed by atoms with van der Waals surface area (Å²) in [5.74, 6) is -0.598. The predicted molar refractivity (Wildman–Crippen MR) is 119 cm³/mol. The van der Waals surface area contributed by atoms with Gasteiger partial charge in [-0.2, -0.15) is 0 Å². The Labute approximate surface area is 191 Å². The van der Waals surface area contributed by atoms with Crippen LogP contribution in [0.1, 0.15) is 23.9 Å². The van der Waals surface area contributed by atoms with Crippen LogP contribution in [0.25, 0.3) is 0 Å². The molecule has 31 heavy (non-hydrogen) atoms. The van der Waals surface area contributed by atoms with Crippen LogP contribution in [0.4, 0.5) is 14.5 Å². The van der Waals surface area contributed by atoms with Crippen LogP contribution in [0, 0.1) is 25.5 Å². The smallest absolute Gasteiger partial charge is 0.234 e. The van der Waals surface area contributed by atoms with Gasteiger partial charge in [0.2, 0.25) is 5.91 Å². The standard InChI is InChI=1S/C21H21BrF2N4O2S/c1-4-28-17(10-30-20-12(2)6-5-7-13(20)3)26-27-21(28)31-11-18(29)25-19-15(22)8-14(23)9-16(19)24/h5-9H,4,10-11H2,1-3H3,(H,25,29). The molecule has 0 bridgehead atoms. The summed E-state index contributed by atoms with van der Waals surface area (Å²) in [5.41, 5.74) is 1.97. The second kappa shape index (κ2) is 10.2. The molecular formula is C21H21BrF2N4O2S. The number of hydrogen-bond donors (Lipinski definition) is 1. The molecular weight excluding hydrogens is 490 g/mol. The van der Waals surface area contributed by atoms with Crippen molar-refractivity contribution in [1.29, 1.82) is 0 Å². The van der Waals surface area contributed by atoms with Crippen LogP contribution in [0.15, 0.2) is 40.0 Å². The number of para-hydroxylation sites is 1. The average molecular weight is 511 g/mol. The third-order valence-corrected chi connectivity index (χ3v) is 6.06. The summed E-state index contributed by atoms with van der Waals surface area (Å²) in [6.07, 6.45) is 0. The fraction of sp³-hybridized carbons (Fsp3) is 0.286. The zero-order valence-electron chi connectivity index (χ0n) is 17.2. The van der Waals surface area contributed by atoms with E-state index in [1.165, 1.54) is 11.8 Å². The SMILES string of the molecule is CCn1c(COc2c(C)cccc2C)nnc1SCC(=O)Nc1c(F)cc(F)cc1Br. The van der Waals surface area contributed by atoms with Crippen LogP contribution < -0.4 is 10.1 Å². The van der Waals surface area contributed by atoms with Gasteiger partial charge in [0, 0.05) is 17.1 Å². The zero-order valence-corrected chi connectivity index (χ0v) is 19.6. The molecule has 0 aliphatic rings. The molecule has 164 valence electrons. The van der Waals surface area contributed by atoms with Gasteiger partial charge in [0.15, 0.2) is 16.8 Å². The van der Waals surface area contributed by atoms with Gasteiger partial charge in [0.05, 0.1) is 11.4 Å². The molecule has 1 heterocycles. The third-order valence-electron chi connectivity index (χ3n) is 4.47. The number of nitrogens with one attached hydrogen (secondary N) is 1. The molecule has 1 N–H and O–H groups in total. The number of amides is 1. The van der Waals surface area contributed by atoms with Crippen LogP contribution in [-0.2, 0) is 17.9 Å². The topological polar surface area (TPSA) is 69.0 Å². The first-order chi connectivity index (χ1) is 14.8. The number of aryl methyl sites for hydroxylation is 2. The van der Waals surface area contributed by atoms with Crippen molar-refractivity contribution in [3.8, 4) is 5.75 Å². The molecule has 0 atom stereocenters. The fourth-order valence-corrected chi connectivity index (χ4v) is 4.31. The first-order valence-electron chi connectivity index (χ1n) is 9.48. The van der Waals surface area contributed by atoms with Crippen LogP contribution in [0.2, 0.25) is 0 Å². The number of nitrogens with zero attached hydrogens (tertiary/aromatic N) is 3. The normalized spacial score (nSPS) is 10.9. The number of carbonyl (C=O) groups is 1. The molecule has 0 saturated heterocycles. The van der Waals surface area contributed by atoms with E-state index >= 15 is 0 Å². The molecule has 1 amide bonds. The summed E-state index contributed by atoms with van der Waals surface area (Å²) < 4.78 is 35.1. The second-order valence-corrected chi connectivity index (χ2v) is 8.53. The van der Waals surface area contributed by atoms with E-state index in [4.69, 9.17) is 4.74 Å². The van der Waals surface area contributed by atoms with Gasteiger partial charge in [-0.1, -0.05) is 30.0 Å². The molecule has 3 rings (SSSR count). The van der Waals surface area contributed by atoms with Crippen molar-refractivity contribution in [2.75, 3.05) is 11.1 Å². The van der Waals surface area contributed by atoms with Gasteiger partial charge in [0.1, 0.15) is 18.2 Å². The van der Waals surface area contributed by atoms with E-state index in [-0.39, 0.29) is 22.5 Å². The largest absolute Gasteiger partial charge is 0.485 e. The molecule has 0 fully saturated rings. The molecule has 1 aromatic heterocycles. The van der Waals surface area contributed by atoms with E-state index in [0.29, 0.717) is 23.6 Å². The highest BCUT2D eigenvalue weighted by molar-refractivity contribution is 9.10. The summed E-state index contributed by atoms with van der Waals surface area (Å²) in [6.45, 7) is 6.75. The Morgan fingerprint density at radius 1 is 1.23 bits per heavy atom. The Hall–Kier alpha value is -2.46. The van der Waals surface area contributed by atoms with Crippen molar-refractivity contribution >= 4 is 39.3 Å². The molecule has 0 radical (unpaired) electrons. The van der Waals surface area contributed by atoms with Crippen molar-refractivity contribution in [1.82, 2.24) is 14.8 Å². The van der Waals surface area contributed by atoms with Gasteiger partial charge in [-0.15, -0.1) is 10.2 Å². The van der Waals surface area contributed by atoms with E-state index in [0.717, 1.165) is 22.9 Å². The lowest BCUT2D eigenvalue weighted by Gasteiger charge is -2.12. The van der Waals surface area contributed by atoms with E-state index in [1.807, 2.05) is 43.5 Å². The molecule has 2 aromatic carbocycles. The number of carbonyl (C=O) groups excluding carboxylic acids is 1. The number of thioether (sulfide) groups is 1. The van der Waals surface area contributed by atoms with Crippen LogP contribution in [0.5, 0.6) is 5.75 Å². The quantitative estimate of drug-likeness (QED) is 0.418. The molecule has 6 nitrogen and oxygen atoms in total. The maximum absolute atomic E-state index is 13.9. The molecule has 0 saturated carbocycles. The summed E-state index contributed by atoms with van der Waals surface area (Å²) >= 11 is 4.23. The van der Waals surface area contributed by atoms with Gasteiger partial charge in [-0.05, 0) is 53.9 Å². The first-order valence-corrected chi connectivity index (χ1v) is 11.3. The Morgan fingerprint density at radius 2 is 1.94 bits per heavy atom. The van der Waals surface area contributed by atoms with E-state index in [2.05, 4.69) is 31.4 Å². The first kappa shape index (κ1) is 23.2. The van der Waals surface area contributed by atoms with Crippen molar-refractivity contribution in [2.24, 2.45) is 0 Å². The van der Waals surface area contributed by atoms with Crippen molar-refractivity contribution in [3.63, 3.8) is 0 Å². The zero-order chi connectivity index (χ0) is 22.5. The maximum Gasteiger partial charge on any atom is 0.234 e. The second-order valence-electron chi connectivity index (χ2n) is 6.73. The van der Waals surface area contributed by atoms with Crippen molar-refractivity contribution in [2.45, 2.75) is 39.1 Å². The number of hydrogen-bond acceptors (Lipinski definition) is 5. The Kier molecular flexibility index (Phi) is 7.66. The van der Waals surface area contributed by atoms with Crippen LogP contribution in [-0.4, -0.2) is 26.4 Å². The highest BCUT2D eigenvalue weighted by Gasteiger charge is 2.17. The molecule has 0 unspecified atom stereocenters. The minimum absolute atomic E-state index is 0.0147. The fourth-order valence-electron chi connectivity index (χ4n) is 2.98. The van der Waals surface area contributed by atoms with Gasteiger partial charge < -0.3 is 14.6 Å². The number of anilines is 1. The van der Waals surface area contributed by atoms with Gasteiger partial charge in [-0.25, -0.2) is 8.78 Å². The van der Waals surface area contributed by atoms with Crippen molar-refractivity contribution < 1.29 is 18.3 Å². The third kappa shape index (κ3) is 5.62. The van der Waals surface area contributed by atoms with Crippen LogP contribution in [0.3, 0.4) is 0 Å². The predicted octanol–water partition coefficient (Wildman–Crippen LogP) is 5.27. The highest BCUT2D eigenvalue weighted by atomic mass is 79.9. The Bertz CT molecular complexity index is 1060. The Balaban J connectivity index is 1.64. The van der Waals surface area contributed by atoms with E-state index in [1.54, 1.807) is 0 Å². The lowest BCUT2D eigenvalue weighted by atomic mass is 10.1. The number of rotatable bonds is 8. The van der Waals surface area contributed by atoms with Gasteiger partial charge in [0.25, 0.3) is 0 Å². The van der Waals surface area contributed by atoms with E-state index < -0.39 is 17.5 Å². The molecule has 0 spiro atoms. The molecule has 10 heteroatoms. The highest BCUT2D eigenvalue weighted by Crippen LogP contribution is 2.28. The molecule has 0 aliphatic heterocycles. The minimum Gasteiger partial charge on any atom is -0.485 e. The summed E-state index contributed by atoms with van der Waals surface area (Å²) in [7, 11) is 0. The Morgan fingerprint density at radius 3 is 2.58 bits per heavy atom. The summed E-state index contributed by atoms with van der Waals surface area (Å²) in [5, 5.41) is 11.3. The molecule has 0 aliphatic carbocycles. The maximum atomic E-state index is 13.9. The number of benzene rings is 2. The van der Waals surface area contributed by atoms with Gasteiger partial charge in [-0.3, -0.25) is 4.79 Å². The van der Waals surface area contributed by atoms with Crippen molar-refractivity contribution in [3.05, 3.63) is 63.4 Å². The summed E-state index contributed by atoms with van der Waals surface area (Å²) in [6, 6.07) is 7.73.